The molecule has 0 atom stereocenters. The summed E-state index contributed by atoms with van der Waals surface area (Å²) in [5.41, 5.74) is 1.31. The second kappa shape index (κ2) is 6.55. The van der Waals surface area contributed by atoms with Crippen molar-refractivity contribution in [2.24, 2.45) is 0 Å². The van der Waals surface area contributed by atoms with E-state index in [2.05, 4.69) is 26.2 Å². The lowest BCUT2D eigenvalue weighted by atomic mass is 10.2. The van der Waals surface area contributed by atoms with Crippen LogP contribution in [0.3, 0.4) is 0 Å². The van der Waals surface area contributed by atoms with Crippen LogP contribution in [0, 0.1) is 0 Å². The highest BCUT2D eigenvalue weighted by Gasteiger charge is 2.13. The number of halogens is 1. The van der Waals surface area contributed by atoms with Crippen molar-refractivity contribution < 1.29 is 14.3 Å². The van der Waals surface area contributed by atoms with E-state index in [0.717, 1.165) is 14.7 Å². The first-order valence-corrected chi connectivity index (χ1v) is 8.31. The van der Waals surface area contributed by atoms with E-state index in [0.29, 0.717) is 22.2 Å². The van der Waals surface area contributed by atoms with E-state index in [1.165, 1.54) is 18.4 Å². The van der Waals surface area contributed by atoms with Crippen LogP contribution in [0.1, 0.15) is 10.4 Å². The zero-order chi connectivity index (χ0) is 16.4. The van der Waals surface area contributed by atoms with Gasteiger partial charge in [-0.05, 0) is 46.3 Å². The summed E-state index contributed by atoms with van der Waals surface area (Å²) in [7, 11) is 3.08. The van der Waals surface area contributed by atoms with E-state index in [1.54, 1.807) is 25.3 Å². The molecule has 0 fully saturated rings. The van der Waals surface area contributed by atoms with E-state index in [-0.39, 0.29) is 5.91 Å². The number of carbonyl (C=O) groups is 1. The van der Waals surface area contributed by atoms with Gasteiger partial charge >= 0.3 is 0 Å². The van der Waals surface area contributed by atoms with Gasteiger partial charge < -0.3 is 9.47 Å². The molecule has 1 amide bonds. The van der Waals surface area contributed by atoms with Gasteiger partial charge in [-0.3, -0.25) is 10.1 Å². The van der Waals surface area contributed by atoms with E-state index >= 15 is 0 Å². The minimum Gasteiger partial charge on any atom is -0.493 e. The van der Waals surface area contributed by atoms with Gasteiger partial charge in [-0.2, -0.15) is 0 Å². The first kappa shape index (κ1) is 15.8. The Morgan fingerprint density at radius 2 is 1.96 bits per heavy atom. The molecule has 0 saturated carbocycles. The number of carbonyl (C=O) groups excluding carboxylic acids is 1. The SMILES string of the molecule is COc1ccc(C(=O)Nc2nc3c(Br)cccc3s2)cc1OC. The number of para-hydroxylation sites is 1. The predicted octanol–water partition coefficient (Wildman–Crippen LogP) is 4.33. The van der Waals surface area contributed by atoms with Gasteiger partial charge in [0, 0.05) is 10.0 Å². The first-order valence-electron chi connectivity index (χ1n) is 6.71. The van der Waals surface area contributed by atoms with Gasteiger partial charge in [0.2, 0.25) is 0 Å². The lowest BCUT2D eigenvalue weighted by Gasteiger charge is -2.09. The number of benzene rings is 2. The Labute approximate surface area is 145 Å². The van der Waals surface area contributed by atoms with Crippen molar-refractivity contribution in [2.75, 3.05) is 19.5 Å². The van der Waals surface area contributed by atoms with Crippen LogP contribution in [0.5, 0.6) is 11.5 Å². The normalized spacial score (nSPS) is 10.6. The molecule has 7 heteroatoms. The first-order chi connectivity index (χ1) is 11.1. The molecule has 1 aromatic heterocycles. The molecule has 5 nitrogen and oxygen atoms in total. The fraction of sp³-hybridized carbons (Fsp3) is 0.125. The highest BCUT2D eigenvalue weighted by molar-refractivity contribution is 9.10. The molecular weight excluding hydrogens is 380 g/mol. The molecule has 118 valence electrons. The maximum atomic E-state index is 12.4. The van der Waals surface area contributed by atoms with Crippen LogP contribution >= 0.6 is 27.3 Å². The Morgan fingerprint density at radius 1 is 1.17 bits per heavy atom. The van der Waals surface area contributed by atoms with Crippen molar-refractivity contribution in [3.63, 3.8) is 0 Å². The van der Waals surface area contributed by atoms with Crippen molar-refractivity contribution in [3.8, 4) is 11.5 Å². The minimum absolute atomic E-state index is 0.249. The predicted molar refractivity (Wildman–Crippen MR) is 94.8 cm³/mol. The second-order valence-electron chi connectivity index (χ2n) is 4.63. The zero-order valence-corrected chi connectivity index (χ0v) is 14.8. The average Bonchev–Trinajstić information content (AvgIpc) is 2.98. The van der Waals surface area contributed by atoms with Crippen LogP contribution in [0.2, 0.25) is 0 Å². The van der Waals surface area contributed by atoms with Crippen LogP contribution in [-0.4, -0.2) is 25.1 Å². The smallest absolute Gasteiger partial charge is 0.257 e. The third-order valence-electron chi connectivity index (χ3n) is 3.24. The largest absolute Gasteiger partial charge is 0.493 e. The summed E-state index contributed by atoms with van der Waals surface area (Å²) >= 11 is 4.88. The number of fused-ring (bicyclic) bond motifs is 1. The summed E-state index contributed by atoms with van der Waals surface area (Å²) in [6.45, 7) is 0. The summed E-state index contributed by atoms with van der Waals surface area (Å²) in [4.78, 5) is 16.8. The van der Waals surface area contributed by atoms with Gasteiger partial charge in [0.1, 0.15) is 0 Å². The van der Waals surface area contributed by atoms with Crippen LogP contribution < -0.4 is 14.8 Å². The van der Waals surface area contributed by atoms with E-state index in [9.17, 15) is 4.79 Å². The van der Waals surface area contributed by atoms with Crippen molar-refractivity contribution in [3.05, 3.63) is 46.4 Å². The third-order valence-corrected chi connectivity index (χ3v) is 4.81. The summed E-state index contributed by atoms with van der Waals surface area (Å²) in [5, 5.41) is 3.36. The molecule has 0 aliphatic rings. The van der Waals surface area contributed by atoms with Gasteiger partial charge in [0.15, 0.2) is 16.6 Å². The quantitative estimate of drug-likeness (QED) is 0.717. The highest BCUT2D eigenvalue weighted by Crippen LogP contribution is 2.32. The molecule has 1 N–H and O–H groups in total. The number of nitrogens with zero attached hydrogens (tertiary/aromatic N) is 1. The number of ether oxygens (including phenoxy) is 2. The van der Waals surface area contributed by atoms with Gasteiger partial charge in [-0.1, -0.05) is 17.4 Å². The number of methoxy groups -OCH3 is 2. The number of hydrogen-bond donors (Lipinski definition) is 1. The number of anilines is 1. The molecule has 23 heavy (non-hydrogen) atoms. The molecule has 2 aromatic carbocycles. The topological polar surface area (TPSA) is 60.5 Å². The summed E-state index contributed by atoms with van der Waals surface area (Å²) in [6, 6.07) is 10.8. The molecule has 0 bridgehead atoms. The monoisotopic (exact) mass is 392 g/mol. The van der Waals surface area contributed by atoms with Crippen LogP contribution in [0.25, 0.3) is 10.2 Å². The third kappa shape index (κ3) is 3.16. The molecule has 0 saturated heterocycles. The number of rotatable bonds is 4. The molecule has 0 aliphatic carbocycles. The van der Waals surface area contributed by atoms with Gasteiger partial charge in [-0.25, -0.2) is 4.98 Å². The maximum absolute atomic E-state index is 12.4. The summed E-state index contributed by atoms with van der Waals surface area (Å²) in [5.74, 6) is 0.835. The minimum atomic E-state index is -0.249. The molecule has 3 rings (SSSR count). The Hall–Kier alpha value is -2.12. The molecule has 0 unspecified atom stereocenters. The number of thiazole rings is 1. The fourth-order valence-corrected chi connectivity index (χ4v) is 3.59. The fourth-order valence-electron chi connectivity index (χ4n) is 2.12. The molecule has 0 radical (unpaired) electrons. The molecule has 3 aromatic rings. The molecular formula is C16H13BrN2O3S. The summed E-state index contributed by atoms with van der Waals surface area (Å²) < 4.78 is 12.3. The Morgan fingerprint density at radius 3 is 2.65 bits per heavy atom. The lowest BCUT2D eigenvalue weighted by molar-refractivity contribution is 0.102. The van der Waals surface area contributed by atoms with Crippen molar-refractivity contribution >= 4 is 48.5 Å². The van der Waals surface area contributed by atoms with Crippen LogP contribution in [0.4, 0.5) is 5.13 Å². The average molecular weight is 393 g/mol. The van der Waals surface area contributed by atoms with Gasteiger partial charge in [-0.15, -0.1) is 0 Å². The molecule has 0 aliphatic heterocycles. The lowest BCUT2D eigenvalue weighted by Crippen LogP contribution is -2.11. The van der Waals surface area contributed by atoms with E-state index in [4.69, 9.17) is 9.47 Å². The zero-order valence-electron chi connectivity index (χ0n) is 12.4. The Kier molecular flexibility index (Phi) is 4.49. The van der Waals surface area contributed by atoms with Gasteiger partial charge in [0.05, 0.1) is 24.4 Å². The van der Waals surface area contributed by atoms with Crippen molar-refractivity contribution in [2.45, 2.75) is 0 Å². The summed E-state index contributed by atoms with van der Waals surface area (Å²) in [6.07, 6.45) is 0. The maximum Gasteiger partial charge on any atom is 0.257 e. The standard InChI is InChI=1S/C16H13BrN2O3S/c1-21-11-7-6-9(8-12(11)22-2)15(20)19-16-18-14-10(17)4-3-5-13(14)23-16/h3-8H,1-2H3,(H,18,19,20). The van der Waals surface area contributed by atoms with Crippen LogP contribution in [-0.2, 0) is 0 Å². The number of amides is 1. The van der Waals surface area contributed by atoms with Crippen LogP contribution in [0.15, 0.2) is 40.9 Å². The van der Waals surface area contributed by atoms with E-state index < -0.39 is 0 Å². The van der Waals surface area contributed by atoms with Gasteiger partial charge in [0.25, 0.3) is 5.91 Å². The number of aromatic nitrogens is 1. The van der Waals surface area contributed by atoms with E-state index in [1.807, 2.05) is 18.2 Å². The highest BCUT2D eigenvalue weighted by atomic mass is 79.9. The second-order valence-corrected chi connectivity index (χ2v) is 6.51. The Bertz CT molecular complexity index is 879. The van der Waals surface area contributed by atoms with Crippen molar-refractivity contribution in [1.82, 2.24) is 4.98 Å². The van der Waals surface area contributed by atoms with Crippen molar-refractivity contribution in [1.29, 1.82) is 0 Å². The number of nitrogens with one attached hydrogen (secondary N) is 1. The number of hydrogen-bond acceptors (Lipinski definition) is 5. The molecule has 0 spiro atoms. The Balaban J connectivity index is 1.87. The molecule has 1 heterocycles.